The quantitative estimate of drug-likeness (QED) is 0.775. The fourth-order valence-corrected chi connectivity index (χ4v) is 2.13. The van der Waals surface area contributed by atoms with Crippen molar-refractivity contribution in [1.29, 1.82) is 0 Å². The fraction of sp³-hybridized carbons (Fsp3) is 0.583. The van der Waals surface area contributed by atoms with Gasteiger partial charge in [-0.1, -0.05) is 19.9 Å². The molecule has 0 aliphatic carbocycles. The van der Waals surface area contributed by atoms with Gasteiger partial charge in [-0.3, -0.25) is 4.98 Å². The van der Waals surface area contributed by atoms with E-state index in [4.69, 9.17) is 0 Å². The van der Waals surface area contributed by atoms with Gasteiger partial charge in [0.2, 0.25) is 0 Å². The summed E-state index contributed by atoms with van der Waals surface area (Å²) in [5.41, 5.74) is 2.66. The molecular weight excluding hydrogens is 172 g/mol. The number of aromatic nitrogens is 1. The highest BCUT2D eigenvalue weighted by Gasteiger charge is 2.20. The molecule has 2 nitrogen and oxygen atoms in total. The molecule has 0 saturated carbocycles. The molecule has 2 heteroatoms. The summed E-state index contributed by atoms with van der Waals surface area (Å²) >= 11 is 0. The van der Waals surface area contributed by atoms with Crippen LogP contribution in [0.1, 0.15) is 49.9 Å². The van der Waals surface area contributed by atoms with Crippen molar-refractivity contribution in [3.8, 4) is 0 Å². The minimum Gasteiger partial charge on any atom is -0.309 e. The van der Waals surface area contributed by atoms with Crippen LogP contribution in [0, 0.1) is 0 Å². The average Bonchev–Trinajstić information content (AvgIpc) is 2.70. The lowest BCUT2D eigenvalue weighted by Crippen LogP contribution is -2.16. The summed E-state index contributed by atoms with van der Waals surface area (Å²) in [6.07, 6.45) is 4.41. The molecule has 0 bridgehead atoms. The monoisotopic (exact) mass is 190 g/mol. The van der Waals surface area contributed by atoms with E-state index >= 15 is 0 Å². The largest absolute Gasteiger partial charge is 0.309 e. The smallest absolute Gasteiger partial charge is 0.0607 e. The van der Waals surface area contributed by atoms with Gasteiger partial charge in [-0.05, 0) is 36.9 Å². The van der Waals surface area contributed by atoms with Crippen LogP contribution in [0.2, 0.25) is 0 Å². The lowest BCUT2D eigenvalue weighted by atomic mass is 9.97. The zero-order valence-corrected chi connectivity index (χ0v) is 8.96. The first-order valence-corrected chi connectivity index (χ1v) is 5.47. The summed E-state index contributed by atoms with van der Waals surface area (Å²) in [7, 11) is 0. The maximum absolute atomic E-state index is 4.52. The number of nitrogens with one attached hydrogen (secondary N) is 1. The van der Waals surface area contributed by atoms with Crippen LogP contribution in [-0.2, 0) is 0 Å². The third-order valence-electron chi connectivity index (χ3n) is 2.88. The van der Waals surface area contributed by atoms with Gasteiger partial charge in [0, 0.05) is 12.2 Å². The van der Waals surface area contributed by atoms with Gasteiger partial charge in [-0.15, -0.1) is 0 Å². The molecule has 0 spiro atoms. The van der Waals surface area contributed by atoms with Crippen molar-refractivity contribution in [2.75, 3.05) is 6.54 Å². The predicted octanol–water partition coefficient (Wildman–Crippen LogP) is 2.63. The standard InChI is InChI=1S/C12H18N2/c1-9(2)10-5-3-8-14-12(10)11-6-4-7-13-11/h3,5,8-9,11,13H,4,6-7H2,1-2H3. The zero-order chi connectivity index (χ0) is 9.97. The molecule has 1 atom stereocenters. The third kappa shape index (κ3) is 1.80. The highest BCUT2D eigenvalue weighted by atomic mass is 15.0. The molecule has 1 aromatic rings. The van der Waals surface area contributed by atoms with Crippen LogP contribution in [0.5, 0.6) is 0 Å². The maximum atomic E-state index is 4.52. The van der Waals surface area contributed by atoms with Gasteiger partial charge in [-0.2, -0.15) is 0 Å². The van der Waals surface area contributed by atoms with E-state index in [1.807, 2.05) is 12.3 Å². The summed E-state index contributed by atoms with van der Waals surface area (Å²) in [6, 6.07) is 4.73. The van der Waals surface area contributed by atoms with Crippen LogP contribution in [0.15, 0.2) is 18.3 Å². The second kappa shape index (κ2) is 4.09. The molecule has 0 radical (unpaired) electrons. The van der Waals surface area contributed by atoms with Crippen molar-refractivity contribution in [3.05, 3.63) is 29.6 Å². The van der Waals surface area contributed by atoms with E-state index in [-0.39, 0.29) is 0 Å². The summed E-state index contributed by atoms with van der Waals surface area (Å²) < 4.78 is 0. The molecule has 1 aromatic heterocycles. The molecule has 0 aromatic carbocycles. The Balaban J connectivity index is 2.30. The Labute approximate surface area is 85.7 Å². The number of hydrogen-bond donors (Lipinski definition) is 1. The SMILES string of the molecule is CC(C)c1cccnc1C1CCCN1. The van der Waals surface area contributed by atoms with E-state index in [1.54, 1.807) is 0 Å². The highest BCUT2D eigenvalue weighted by Crippen LogP contribution is 2.27. The minimum absolute atomic E-state index is 0.494. The van der Waals surface area contributed by atoms with Crippen LogP contribution in [0.25, 0.3) is 0 Å². The van der Waals surface area contributed by atoms with E-state index in [9.17, 15) is 0 Å². The van der Waals surface area contributed by atoms with Gasteiger partial charge >= 0.3 is 0 Å². The van der Waals surface area contributed by atoms with E-state index in [0.29, 0.717) is 12.0 Å². The van der Waals surface area contributed by atoms with Crippen molar-refractivity contribution >= 4 is 0 Å². The third-order valence-corrected chi connectivity index (χ3v) is 2.88. The summed E-state index contributed by atoms with van der Waals surface area (Å²) in [4.78, 5) is 4.52. The van der Waals surface area contributed by atoms with Crippen molar-refractivity contribution < 1.29 is 0 Å². The zero-order valence-electron chi connectivity index (χ0n) is 8.96. The maximum Gasteiger partial charge on any atom is 0.0607 e. The van der Waals surface area contributed by atoms with Crippen molar-refractivity contribution in [3.63, 3.8) is 0 Å². The summed E-state index contributed by atoms with van der Waals surface area (Å²) in [5.74, 6) is 0.570. The fourth-order valence-electron chi connectivity index (χ4n) is 2.13. The normalized spacial score (nSPS) is 21.8. The molecule has 1 aliphatic rings. The average molecular weight is 190 g/mol. The Bertz CT molecular complexity index is 301. The number of hydrogen-bond acceptors (Lipinski definition) is 2. The Morgan fingerprint density at radius 3 is 3.00 bits per heavy atom. The van der Waals surface area contributed by atoms with Crippen LogP contribution >= 0.6 is 0 Å². The summed E-state index contributed by atoms with van der Waals surface area (Å²) in [5, 5.41) is 3.51. The van der Waals surface area contributed by atoms with Crippen LogP contribution < -0.4 is 5.32 Å². The molecule has 14 heavy (non-hydrogen) atoms. The van der Waals surface area contributed by atoms with Gasteiger partial charge in [-0.25, -0.2) is 0 Å². The molecule has 76 valence electrons. The van der Waals surface area contributed by atoms with Crippen molar-refractivity contribution in [1.82, 2.24) is 10.3 Å². The number of pyridine rings is 1. The first kappa shape index (κ1) is 9.66. The lowest BCUT2D eigenvalue weighted by Gasteiger charge is -2.16. The molecule has 1 unspecified atom stereocenters. The Kier molecular flexibility index (Phi) is 2.82. The lowest BCUT2D eigenvalue weighted by molar-refractivity contribution is 0.612. The Morgan fingerprint density at radius 2 is 2.36 bits per heavy atom. The molecule has 2 heterocycles. The van der Waals surface area contributed by atoms with Gasteiger partial charge in [0.15, 0.2) is 0 Å². The van der Waals surface area contributed by atoms with E-state index in [1.165, 1.54) is 24.1 Å². The van der Waals surface area contributed by atoms with Crippen LogP contribution in [0.3, 0.4) is 0 Å². The van der Waals surface area contributed by atoms with Gasteiger partial charge in [0.05, 0.1) is 5.69 Å². The second-order valence-corrected chi connectivity index (χ2v) is 4.28. The predicted molar refractivity (Wildman–Crippen MR) is 58.3 cm³/mol. The first-order chi connectivity index (χ1) is 6.79. The molecule has 1 aliphatic heterocycles. The highest BCUT2D eigenvalue weighted by molar-refractivity contribution is 5.26. The van der Waals surface area contributed by atoms with Crippen molar-refractivity contribution in [2.24, 2.45) is 0 Å². The molecule has 2 rings (SSSR count). The van der Waals surface area contributed by atoms with Crippen LogP contribution in [0.4, 0.5) is 0 Å². The number of nitrogens with zero attached hydrogens (tertiary/aromatic N) is 1. The summed E-state index contributed by atoms with van der Waals surface area (Å²) in [6.45, 7) is 5.60. The topological polar surface area (TPSA) is 24.9 Å². The van der Waals surface area contributed by atoms with Crippen LogP contribution in [-0.4, -0.2) is 11.5 Å². The van der Waals surface area contributed by atoms with Gasteiger partial charge in [0.25, 0.3) is 0 Å². The molecule has 1 N–H and O–H groups in total. The Hall–Kier alpha value is -0.890. The molecular formula is C12H18N2. The molecule has 0 amide bonds. The van der Waals surface area contributed by atoms with E-state index in [0.717, 1.165) is 6.54 Å². The molecule has 1 fully saturated rings. The molecule has 1 saturated heterocycles. The van der Waals surface area contributed by atoms with Crippen molar-refractivity contribution in [2.45, 2.75) is 38.6 Å². The van der Waals surface area contributed by atoms with Gasteiger partial charge in [0.1, 0.15) is 0 Å². The van der Waals surface area contributed by atoms with E-state index in [2.05, 4.69) is 30.2 Å². The van der Waals surface area contributed by atoms with E-state index < -0.39 is 0 Å². The van der Waals surface area contributed by atoms with Gasteiger partial charge < -0.3 is 5.32 Å². The Morgan fingerprint density at radius 1 is 1.50 bits per heavy atom. The second-order valence-electron chi connectivity index (χ2n) is 4.28. The number of rotatable bonds is 2. The first-order valence-electron chi connectivity index (χ1n) is 5.47. The minimum atomic E-state index is 0.494.